The van der Waals surface area contributed by atoms with Crippen molar-refractivity contribution in [2.24, 2.45) is 5.92 Å². The summed E-state index contributed by atoms with van der Waals surface area (Å²) < 4.78 is 12.0. The van der Waals surface area contributed by atoms with Crippen LogP contribution in [0.25, 0.3) is 0 Å². The molecule has 9 heteroatoms. The largest absolute Gasteiger partial charge is 0.467 e. The Morgan fingerprint density at radius 3 is 2.00 bits per heavy atom. The van der Waals surface area contributed by atoms with E-state index in [1.807, 2.05) is 24.3 Å². The molecule has 5 amide bonds. The van der Waals surface area contributed by atoms with Crippen LogP contribution in [0.3, 0.4) is 0 Å². The Balaban J connectivity index is 1.44. The molecule has 2 aromatic rings. The molecule has 1 saturated heterocycles. The third-order valence-electron chi connectivity index (χ3n) is 6.36. The van der Waals surface area contributed by atoms with Crippen molar-refractivity contribution >= 4 is 23.8 Å². The van der Waals surface area contributed by atoms with Crippen LogP contribution in [0.4, 0.5) is 4.79 Å². The molecular weight excluding hydrogens is 450 g/mol. The number of carbonyl (C=O) groups excluding carboxylic acids is 4. The fourth-order valence-electron chi connectivity index (χ4n) is 4.59. The Morgan fingerprint density at radius 2 is 1.43 bits per heavy atom. The third-order valence-corrected chi connectivity index (χ3v) is 6.36. The predicted molar refractivity (Wildman–Crippen MR) is 127 cm³/mol. The fraction of sp³-hybridized carbons (Fsp3) is 0.385. The van der Waals surface area contributed by atoms with Gasteiger partial charge in [-0.05, 0) is 61.2 Å². The summed E-state index contributed by atoms with van der Waals surface area (Å²) in [4.78, 5) is 48.5. The van der Waals surface area contributed by atoms with Crippen molar-refractivity contribution < 1.29 is 28.7 Å². The number of imide groups is 2. The van der Waals surface area contributed by atoms with Crippen LogP contribution in [0.15, 0.2) is 48.5 Å². The summed E-state index contributed by atoms with van der Waals surface area (Å²) in [7, 11) is 0. The molecule has 1 aliphatic carbocycles. The van der Waals surface area contributed by atoms with Gasteiger partial charge in [-0.3, -0.25) is 25.0 Å². The summed E-state index contributed by atoms with van der Waals surface area (Å²) in [6.45, 7) is 2.06. The van der Waals surface area contributed by atoms with Gasteiger partial charge in [-0.2, -0.15) is 0 Å². The number of carbonyl (C=O) groups is 4. The Morgan fingerprint density at radius 1 is 0.886 bits per heavy atom. The number of benzene rings is 2. The quantitative estimate of drug-likeness (QED) is 0.500. The molecule has 2 aliphatic rings. The Bertz CT molecular complexity index is 1070. The van der Waals surface area contributed by atoms with Gasteiger partial charge in [-0.15, -0.1) is 0 Å². The van der Waals surface area contributed by atoms with E-state index < -0.39 is 23.4 Å². The lowest BCUT2D eigenvalue weighted by Crippen LogP contribution is -2.72. The first-order chi connectivity index (χ1) is 16.9. The molecule has 2 aromatic carbocycles. The first kappa shape index (κ1) is 24.3. The topological polar surface area (TPSA) is 123 Å². The number of hydrogen-bond donors (Lipinski definition) is 3. The monoisotopic (exact) mass is 479 g/mol. The number of ether oxygens (including phenoxy) is 2. The molecule has 4 rings (SSSR count). The lowest BCUT2D eigenvalue weighted by Gasteiger charge is -2.41. The summed E-state index contributed by atoms with van der Waals surface area (Å²) in [5, 5.41) is 7.17. The van der Waals surface area contributed by atoms with Gasteiger partial charge in [0.25, 0.3) is 17.4 Å². The zero-order valence-corrected chi connectivity index (χ0v) is 19.6. The van der Waals surface area contributed by atoms with Crippen molar-refractivity contribution in [3.8, 4) is 17.2 Å². The number of urea groups is 1. The summed E-state index contributed by atoms with van der Waals surface area (Å²) in [5.41, 5.74) is -0.713. The van der Waals surface area contributed by atoms with Gasteiger partial charge in [-0.25, -0.2) is 4.79 Å². The highest BCUT2D eigenvalue weighted by atomic mass is 16.5. The summed E-state index contributed by atoms with van der Waals surface area (Å²) >= 11 is 0. The standard InChI is InChI=1S/C26H29N3O6/c1-17(30)27-16-15-18-7-9-20(10-8-18)34-21-11-13-22(14-12-21)35-26(19-5-3-2-4-6-19)23(31)28-25(33)29-24(26)32/h7-14,19H,2-6,15-16H2,1H3,(H,27,30)(H2,28,29,31,32,33). The van der Waals surface area contributed by atoms with Crippen LogP contribution >= 0.6 is 0 Å². The van der Waals surface area contributed by atoms with Gasteiger partial charge >= 0.3 is 6.03 Å². The normalized spacial score (nSPS) is 17.8. The van der Waals surface area contributed by atoms with Crippen LogP contribution in [0.5, 0.6) is 17.2 Å². The number of rotatable bonds is 8. The van der Waals surface area contributed by atoms with Crippen LogP contribution in [0.2, 0.25) is 0 Å². The van der Waals surface area contributed by atoms with Gasteiger partial charge in [0.2, 0.25) is 5.91 Å². The maximum absolute atomic E-state index is 12.9. The number of barbiturate groups is 1. The van der Waals surface area contributed by atoms with E-state index in [0.29, 0.717) is 36.6 Å². The molecule has 1 aliphatic heterocycles. The van der Waals surface area contributed by atoms with E-state index in [1.165, 1.54) is 6.92 Å². The third kappa shape index (κ3) is 5.62. The molecule has 0 spiro atoms. The molecule has 0 aromatic heterocycles. The second-order valence-corrected chi connectivity index (χ2v) is 8.86. The Kier molecular flexibility index (Phi) is 7.33. The van der Waals surface area contributed by atoms with Crippen molar-refractivity contribution in [2.75, 3.05) is 6.54 Å². The van der Waals surface area contributed by atoms with E-state index in [9.17, 15) is 19.2 Å². The molecule has 0 unspecified atom stereocenters. The maximum Gasteiger partial charge on any atom is 0.328 e. The highest BCUT2D eigenvalue weighted by Crippen LogP contribution is 2.38. The smallest absolute Gasteiger partial charge is 0.328 e. The summed E-state index contributed by atoms with van der Waals surface area (Å²) in [6, 6.07) is 13.4. The van der Waals surface area contributed by atoms with E-state index in [1.54, 1.807) is 24.3 Å². The Hall–Kier alpha value is -3.88. The van der Waals surface area contributed by atoms with Crippen molar-refractivity contribution in [2.45, 2.75) is 51.0 Å². The molecule has 184 valence electrons. The predicted octanol–water partition coefficient (Wildman–Crippen LogP) is 3.22. The molecular formula is C26H29N3O6. The molecule has 0 atom stereocenters. The van der Waals surface area contributed by atoms with E-state index >= 15 is 0 Å². The average molecular weight is 480 g/mol. The van der Waals surface area contributed by atoms with E-state index in [-0.39, 0.29) is 11.8 Å². The maximum atomic E-state index is 12.9. The van der Waals surface area contributed by atoms with Gasteiger partial charge < -0.3 is 14.8 Å². The van der Waals surface area contributed by atoms with Gasteiger partial charge in [0.05, 0.1) is 0 Å². The van der Waals surface area contributed by atoms with E-state index in [0.717, 1.165) is 31.2 Å². The van der Waals surface area contributed by atoms with Crippen molar-refractivity contribution in [3.05, 3.63) is 54.1 Å². The van der Waals surface area contributed by atoms with E-state index in [4.69, 9.17) is 9.47 Å². The minimum Gasteiger partial charge on any atom is -0.467 e. The molecule has 3 N–H and O–H groups in total. The minimum absolute atomic E-state index is 0.0553. The molecule has 2 fully saturated rings. The fourth-order valence-corrected chi connectivity index (χ4v) is 4.59. The van der Waals surface area contributed by atoms with Gasteiger partial charge in [0, 0.05) is 19.4 Å². The van der Waals surface area contributed by atoms with Gasteiger partial charge in [0.15, 0.2) is 0 Å². The highest BCUT2D eigenvalue weighted by molar-refractivity contribution is 6.22. The molecule has 35 heavy (non-hydrogen) atoms. The van der Waals surface area contributed by atoms with Crippen molar-refractivity contribution in [1.82, 2.24) is 16.0 Å². The van der Waals surface area contributed by atoms with Gasteiger partial charge in [0.1, 0.15) is 17.2 Å². The number of nitrogens with one attached hydrogen (secondary N) is 3. The summed E-state index contributed by atoms with van der Waals surface area (Å²) in [6.07, 6.45) is 4.87. The Labute approximate surface area is 203 Å². The zero-order chi connectivity index (χ0) is 24.8. The van der Waals surface area contributed by atoms with E-state index in [2.05, 4.69) is 16.0 Å². The second kappa shape index (κ2) is 10.6. The first-order valence-corrected chi connectivity index (χ1v) is 11.8. The molecule has 0 bridgehead atoms. The van der Waals surface area contributed by atoms with Crippen LogP contribution in [-0.4, -0.2) is 35.9 Å². The molecule has 9 nitrogen and oxygen atoms in total. The number of amides is 5. The van der Waals surface area contributed by atoms with Crippen LogP contribution in [-0.2, 0) is 20.8 Å². The lowest BCUT2D eigenvalue weighted by atomic mass is 9.75. The van der Waals surface area contributed by atoms with Crippen molar-refractivity contribution in [3.63, 3.8) is 0 Å². The average Bonchev–Trinajstić information content (AvgIpc) is 2.84. The summed E-state index contributed by atoms with van der Waals surface area (Å²) in [5.74, 6) is -0.303. The van der Waals surface area contributed by atoms with Gasteiger partial charge in [-0.1, -0.05) is 31.4 Å². The number of hydrogen-bond acceptors (Lipinski definition) is 6. The second-order valence-electron chi connectivity index (χ2n) is 8.86. The molecule has 0 radical (unpaired) electrons. The minimum atomic E-state index is -1.79. The molecule has 1 heterocycles. The SMILES string of the molecule is CC(=O)NCCc1ccc(Oc2ccc(OC3(C4CCCCC4)C(=O)NC(=O)NC3=O)cc2)cc1. The van der Waals surface area contributed by atoms with Crippen LogP contribution < -0.4 is 25.4 Å². The highest BCUT2D eigenvalue weighted by Gasteiger charge is 2.58. The first-order valence-electron chi connectivity index (χ1n) is 11.8. The zero-order valence-electron chi connectivity index (χ0n) is 19.6. The lowest BCUT2D eigenvalue weighted by molar-refractivity contribution is -0.158. The van der Waals surface area contributed by atoms with Crippen LogP contribution in [0, 0.1) is 5.92 Å². The van der Waals surface area contributed by atoms with Crippen molar-refractivity contribution in [1.29, 1.82) is 0 Å². The van der Waals surface area contributed by atoms with Crippen LogP contribution in [0.1, 0.15) is 44.6 Å². The molecule has 1 saturated carbocycles.